The largest absolute Gasteiger partial charge is 0.509 e. The molecule has 0 unspecified atom stereocenters. The van der Waals surface area contributed by atoms with E-state index >= 15 is 0 Å². The van der Waals surface area contributed by atoms with E-state index in [4.69, 9.17) is 5.14 Å². The summed E-state index contributed by atoms with van der Waals surface area (Å²) in [6.45, 7) is -5.30. The molecule has 0 aliphatic heterocycles. The maximum absolute atomic E-state index is 12.4. The average Bonchev–Trinajstić information content (AvgIpc) is 2.14. The quantitative estimate of drug-likeness (QED) is 0.793. The van der Waals surface area contributed by atoms with Crippen LogP contribution in [0.1, 0.15) is 0 Å². The molecule has 1 aromatic rings. The van der Waals surface area contributed by atoms with Gasteiger partial charge in [-0.25, -0.2) is 13.6 Å². The van der Waals surface area contributed by atoms with Gasteiger partial charge >= 0.3 is 6.98 Å². The first-order chi connectivity index (χ1) is 7.14. The lowest BCUT2D eigenvalue weighted by atomic mass is 9.80. The molecule has 4 nitrogen and oxygen atoms in total. The summed E-state index contributed by atoms with van der Waals surface area (Å²) in [6, 6.07) is 2.13. The van der Waals surface area contributed by atoms with Crippen molar-refractivity contribution in [2.75, 3.05) is 7.11 Å². The number of sulfonamides is 1. The third-order valence-electron chi connectivity index (χ3n) is 1.84. The van der Waals surface area contributed by atoms with Crippen molar-refractivity contribution in [1.29, 1.82) is 0 Å². The summed E-state index contributed by atoms with van der Waals surface area (Å²) in [7, 11) is -3.05. The summed E-state index contributed by atoms with van der Waals surface area (Å²) in [6.07, 6.45) is 0. The molecule has 0 heterocycles. The normalized spacial score (nSPS) is 12.6. The van der Waals surface area contributed by atoms with Gasteiger partial charge in [0.25, 0.3) is 0 Å². The van der Waals surface area contributed by atoms with Crippen molar-refractivity contribution in [1.82, 2.24) is 0 Å². The van der Waals surface area contributed by atoms with E-state index in [1.54, 1.807) is 0 Å². The van der Waals surface area contributed by atoms with Gasteiger partial charge < -0.3 is 17.7 Å². The minimum absolute atomic E-state index is 0.208. The highest BCUT2D eigenvalue weighted by Gasteiger charge is 2.27. The van der Waals surface area contributed by atoms with Gasteiger partial charge in [0.05, 0.1) is 12.0 Å². The summed E-state index contributed by atoms with van der Waals surface area (Å²) in [5, 5.41) is 4.75. The molecule has 2 N–H and O–H groups in total. The molecule has 0 saturated carbocycles. The third-order valence-corrected chi connectivity index (χ3v) is 2.74. The molecule has 0 bridgehead atoms. The lowest BCUT2D eigenvalue weighted by Crippen LogP contribution is -2.34. The molecule has 0 aromatic heterocycles. The molecule has 0 fully saturated rings. The Morgan fingerprint density at radius 3 is 2.19 bits per heavy atom. The molecule has 0 aliphatic rings. The average molecular weight is 254 g/mol. The zero-order chi connectivity index (χ0) is 12.6. The van der Waals surface area contributed by atoms with Crippen molar-refractivity contribution >= 4 is 22.5 Å². The number of nitrogens with two attached hydrogens (primary N) is 1. The van der Waals surface area contributed by atoms with E-state index in [0.29, 0.717) is 12.1 Å². The molecular formula is C7H8BF3NO3S-. The van der Waals surface area contributed by atoms with Gasteiger partial charge in [-0.1, -0.05) is 6.07 Å². The zero-order valence-electron chi connectivity index (χ0n) is 8.15. The van der Waals surface area contributed by atoms with Crippen molar-refractivity contribution in [2.45, 2.75) is 4.90 Å². The summed E-state index contributed by atoms with van der Waals surface area (Å²) in [4.78, 5) is -0.624. The Labute approximate surface area is 90.3 Å². The number of hydrogen-bond acceptors (Lipinski definition) is 3. The summed E-state index contributed by atoms with van der Waals surface area (Å²) in [5.41, 5.74) is -1.07. The molecule has 1 aromatic carbocycles. The number of methoxy groups -OCH3 is 1. The number of halogens is 3. The van der Waals surface area contributed by atoms with Crippen LogP contribution in [0.15, 0.2) is 23.1 Å². The Bertz CT molecular complexity index is 500. The number of primary sulfonamides is 1. The summed E-state index contributed by atoms with van der Waals surface area (Å²) < 4.78 is 63.8. The van der Waals surface area contributed by atoms with Crippen molar-refractivity contribution < 1.29 is 26.1 Å². The second-order valence-corrected chi connectivity index (χ2v) is 4.62. The number of hydrogen-bond donors (Lipinski definition) is 1. The van der Waals surface area contributed by atoms with Crippen LogP contribution >= 0.6 is 0 Å². The van der Waals surface area contributed by atoms with E-state index in [9.17, 15) is 21.4 Å². The fraction of sp³-hybridized carbons (Fsp3) is 0.143. The van der Waals surface area contributed by atoms with Gasteiger partial charge in [-0.2, -0.15) is 0 Å². The predicted molar refractivity (Wildman–Crippen MR) is 53.1 cm³/mol. The first kappa shape index (κ1) is 12.9. The maximum atomic E-state index is 12.4. The van der Waals surface area contributed by atoms with Crippen LogP contribution in [0.4, 0.5) is 12.9 Å². The van der Waals surface area contributed by atoms with Crippen molar-refractivity contribution in [3.05, 3.63) is 18.2 Å². The SMILES string of the molecule is COc1cc([B-](F)(F)F)cc(S(N)(=O)=O)c1. The number of benzene rings is 1. The maximum Gasteiger partial charge on any atom is 0.509 e. The molecule has 0 radical (unpaired) electrons. The van der Waals surface area contributed by atoms with Crippen LogP contribution in [-0.4, -0.2) is 22.5 Å². The van der Waals surface area contributed by atoms with Crippen LogP contribution in [0, 0.1) is 0 Å². The molecule has 0 saturated heterocycles. The molecule has 16 heavy (non-hydrogen) atoms. The standard InChI is InChI=1S/C7H8BF3NO3S/c1-15-6-2-5(8(9,10)11)3-7(4-6)16(12,13)14/h2-4H,1H3,(H2,12,13,14)/q-1. The first-order valence-corrected chi connectivity index (χ1v) is 5.61. The summed E-state index contributed by atoms with van der Waals surface area (Å²) in [5.74, 6) is -0.208. The summed E-state index contributed by atoms with van der Waals surface area (Å²) >= 11 is 0. The highest BCUT2D eigenvalue weighted by atomic mass is 32.2. The Balaban J connectivity index is 3.45. The Kier molecular flexibility index (Phi) is 3.20. The Hall–Kier alpha value is -1.22. The van der Waals surface area contributed by atoms with E-state index in [2.05, 4.69) is 4.74 Å². The van der Waals surface area contributed by atoms with E-state index in [1.165, 1.54) is 0 Å². The lowest BCUT2D eigenvalue weighted by Gasteiger charge is -2.16. The van der Waals surface area contributed by atoms with Gasteiger partial charge in [0.2, 0.25) is 10.0 Å². The Morgan fingerprint density at radius 1 is 1.25 bits per heavy atom. The van der Waals surface area contributed by atoms with E-state index < -0.39 is 27.4 Å². The van der Waals surface area contributed by atoms with Gasteiger partial charge in [-0.3, -0.25) is 0 Å². The molecule has 0 atom stereocenters. The zero-order valence-corrected chi connectivity index (χ0v) is 8.97. The van der Waals surface area contributed by atoms with Crippen molar-refractivity contribution in [3.63, 3.8) is 0 Å². The van der Waals surface area contributed by atoms with Gasteiger partial charge in [-0.15, -0.1) is 5.46 Å². The van der Waals surface area contributed by atoms with Crippen LogP contribution < -0.4 is 15.3 Å². The molecule has 1 rings (SSSR count). The first-order valence-electron chi connectivity index (χ1n) is 4.06. The molecule has 0 spiro atoms. The van der Waals surface area contributed by atoms with Gasteiger partial charge in [0, 0.05) is 0 Å². The van der Waals surface area contributed by atoms with Crippen LogP contribution in [-0.2, 0) is 10.0 Å². The minimum atomic E-state index is -5.30. The molecule has 9 heteroatoms. The van der Waals surface area contributed by atoms with Gasteiger partial charge in [0.15, 0.2) is 0 Å². The monoisotopic (exact) mass is 254 g/mol. The highest BCUT2D eigenvalue weighted by Crippen LogP contribution is 2.19. The Morgan fingerprint density at radius 2 is 1.81 bits per heavy atom. The van der Waals surface area contributed by atoms with Crippen molar-refractivity contribution in [2.24, 2.45) is 5.14 Å². The van der Waals surface area contributed by atoms with Gasteiger partial charge in [0.1, 0.15) is 5.75 Å². The fourth-order valence-electron chi connectivity index (χ4n) is 1.06. The second-order valence-electron chi connectivity index (χ2n) is 3.06. The van der Waals surface area contributed by atoms with Crippen LogP contribution in [0.2, 0.25) is 0 Å². The van der Waals surface area contributed by atoms with Crippen molar-refractivity contribution in [3.8, 4) is 5.75 Å². The smallest absolute Gasteiger partial charge is 0.497 e. The topological polar surface area (TPSA) is 69.4 Å². The minimum Gasteiger partial charge on any atom is -0.497 e. The fourth-order valence-corrected chi connectivity index (χ4v) is 1.65. The van der Waals surface area contributed by atoms with E-state index in [-0.39, 0.29) is 5.75 Å². The second kappa shape index (κ2) is 3.98. The molecule has 0 aliphatic carbocycles. The third kappa shape index (κ3) is 2.89. The molecule has 0 amide bonds. The van der Waals surface area contributed by atoms with Crippen LogP contribution in [0.3, 0.4) is 0 Å². The number of rotatable bonds is 3. The van der Waals surface area contributed by atoms with Gasteiger partial charge in [-0.05, 0) is 12.1 Å². The molecule has 90 valence electrons. The molecular weight excluding hydrogens is 246 g/mol. The van der Waals surface area contributed by atoms with E-state index in [1.807, 2.05) is 0 Å². The number of ether oxygens (including phenoxy) is 1. The predicted octanol–water partition coefficient (Wildman–Crippen LogP) is 0.397. The van der Waals surface area contributed by atoms with E-state index in [0.717, 1.165) is 13.2 Å². The van der Waals surface area contributed by atoms with Crippen LogP contribution in [0.5, 0.6) is 5.75 Å². The highest BCUT2D eigenvalue weighted by molar-refractivity contribution is 7.89. The van der Waals surface area contributed by atoms with Crippen LogP contribution in [0.25, 0.3) is 0 Å². The lowest BCUT2D eigenvalue weighted by molar-refractivity contribution is 0.413.